The summed E-state index contributed by atoms with van der Waals surface area (Å²) in [6, 6.07) is 4.47. The Hall–Kier alpha value is -1.70. The number of carbonyl (C=O) groups is 1. The third kappa shape index (κ3) is 5.12. The molecule has 0 aromatic heterocycles. The van der Waals surface area contributed by atoms with Crippen LogP contribution in [-0.4, -0.2) is 37.6 Å². The second kappa shape index (κ2) is 8.47. The maximum absolute atomic E-state index is 11.4. The average molecular weight is 302 g/mol. The summed E-state index contributed by atoms with van der Waals surface area (Å²) in [6.45, 7) is 1.05. The van der Waals surface area contributed by atoms with Gasteiger partial charge < -0.3 is 15.4 Å². The minimum Gasteiger partial charge on any atom is -0.383 e. The van der Waals surface area contributed by atoms with Gasteiger partial charge in [0.15, 0.2) is 0 Å². The van der Waals surface area contributed by atoms with Crippen LogP contribution in [0, 0.1) is 10.1 Å². The van der Waals surface area contributed by atoms with E-state index in [1.807, 2.05) is 0 Å². The van der Waals surface area contributed by atoms with Gasteiger partial charge >= 0.3 is 0 Å². The molecule has 8 heteroatoms. The van der Waals surface area contributed by atoms with Crippen LogP contribution >= 0.6 is 11.6 Å². The van der Waals surface area contributed by atoms with E-state index in [-0.39, 0.29) is 24.7 Å². The first-order valence-corrected chi connectivity index (χ1v) is 6.32. The number of ether oxygens (including phenoxy) is 1. The Morgan fingerprint density at radius 1 is 1.50 bits per heavy atom. The first-order chi connectivity index (χ1) is 9.56. The second-order valence-electron chi connectivity index (χ2n) is 3.94. The number of nitrogens with zero attached hydrogens (tertiary/aromatic N) is 1. The summed E-state index contributed by atoms with van der Waals surface area (Å²) in [5.41, 5.74) is 0.300. The van der Waals surface area contributed by atoms with Crippen molar-refractivity contribution in [3.63, 3.8) is 0 Å². The highest BCUT2D eigenvalue weighted by Crippen LogP contribution is 2.25. The summed E-state index contributed by atoms with van der Waals surface area (Å²) in [4.78, 5) is 21.8. The largest absolute Gasteiger partial charge is 0.383 e. The molecule has 0 spiro atoms. The molecule has 20 heavy (non-hydrogen) atoms. The van der Waals surface area contributed by atoms with E-state index in [4.69, 9.17) is 16.3 Å². The number of nitrogens with one attached hydrogen (secondary N) is 2. The number of carbonyl (C=O) groups excluding carboxylic acids is 1. The molecule has 0 radical (unpaired) electrons. The highest BCUT2D eigenvalue weighted by molar-refractivity contribution is 6.31. The third-order valence-corrected chi connectivity index (χ3v) is 2.86. The van der Waals surface area contributed by atoms with E-state index in [9.17, 15) is 14.9 Å². The summed E-state index contributed by atoms with van der Waals surface area (Å²) in [7, 11) is 1.54. The van der Waals surface area contributed by atoms with Crippen molar-refractivity contribution >= 4 is 23.2 Å². The number of nitro benzene ring substituents is 1. The zero-order chi connectivity index (χ0) is 15.0. The van der Waals surface area contributed by atoms with E-state index in [1.54, 1.807) is 13.2 Å². The van der Waals surface area contributed by atoms with Crippen molar-refractivity contribution in [3.8, 4) is 0 Å². The molecular formula is C12H16ClN3O4. The fourth-order valence-corrected chi connectivity index (χ4v) is 1.79. The molecular weight excluding hydrogens is 286 g/mol. The number of amides is 1. The van der Waals surface area contributed by atoms with Gasteiger partial charge in [-0.25, -0.2) is 0 Å². The monoisotopic (exact) mass is 301 g/mol. The lowest BCUT2D eigenvalue weighted by Crippen LogP contribution is -2.35. The van der Waals surface area contributed by atoms with Crippen LogP contribution in [0.3, 0.4) is 0 Å². The summed E-state index contributed by atoms with van der Waals surface area (Å²) in [6.07, 6.45) is 0. The van der Waals surface area contributed by atoms with Gasteiger partial charge in [0, 0.05) is 26.3 Å². The standard InChI is InChI=1S/C12H16ClN3O4/c1-20-6-5-15-12(17)8-14-7-9-10(13)3-2-4-11(9)16(18)19/h2-4,14H,5-8H2,1H3,(H,15,17). The molecule has 0 aliphatic rings. The molecule has 0 aliphatic carbocycles. The van der Waals surface area contributed by atoms with Crippen LogP contribution < -0.4 is 10.6 Å². The van der Waals surface area contributed by atoms with Gasteiger partial charge in [-0.2, -0.15) is 0 Å². The fourth-order valence-electron chi connectivity index (χ4n) is 1.55. The molecule has 110 valence electrons. The molecule has 0 aliphatic heterocycles. The van der Waals surface area contributed by atoms with E-state index >= 15 is 0 Å². The second-order valence-corrected chi connectivity index (χ2v) is 4.35. The predicted octanol–water partition coefficient (Wildman–Crippen LogP) is 1.10. The zero-order valence-corrected chi connectivity index (χ0v) is 11.8. The van der Waals surface area contributed by atoms with Crippen LogP contribution in [-0.2, 0) is 16.1 Å². The van der Waals surface area contributed by atoms with E-state index < -0.39 is 4.92 Å². The van der Waals surface area contributed by atoms with Gasteiger partial charge in [-0.15, -0.1) is 0 Å². The quantitative estimate of drug-likeness (QED) is 0.426. The Morgan fingerprint density at radius 2 is 2.25 bits per heavy atom. The topological polar surface area (TPSA) is 93.5 Å². The van der Waals surface area contributed by atoms with Crippen LogP contribution in [0.4, 0.5) is 5.69 Å². The van der Waals surface area contributed by atoms with Crippen LogP contribution in [0.5, 0.6) is 0 Å². The molecule has 0 saturated heterocycles. The van der Waals surface area contributed by atoms with E-state index in [1.165, 1.54) is 12.1 Å². The molecule has 7 nitrogen and oxygen atoms in total. The Labute approximate surface area is 121 Å². The van der Waals surface area contributed by atoms with Crippen molar-refractivity contribution in [3.05, 3.63) is 38.9 Å². The Kier molecular flexibility index (Phi) is 6.92. The minimum atomic E-state index is -0.498. The van der Waals surface area contributed by atoms with Gasteiger partial charge in [-0.05, 0) is 6.07 Å². The Balaban J connectivity index is 2.50. The number of nitro groups is 1. The lowest BCUT2D eigenvalue weighted by molar-refractivity contribution is -0.385. The Morgan fingerprint density at radius 3 is 2.90 bits per heavy atom. The van der Waals surface area contributed by atoms with Crippen LogP contribution in [0.1, 0.15) is 5.56 Å². The van der Waals surface area contributed by atoms with Crippen molar-refractivity contribution in [2.75, 3.05) is 26.8 Å². The first kappa shape index (κ1) is 16.4. The summed E-state index contributed by atoms with van der Waals surface area (Å²) in [5.74, 6) is -0.211. The minimum absolute atomic E-state index is 0.0477. The molecule has 1 aromatic carbocycles. The van der Waals surface area contributed by atoms with Crippen LogP contribution in [0.15, 0.2) is 18.2 Å². The molecule has 2 N–H and O–H groups in total. The van der Waals surface area contributed by atoms with E-state index in [2.05, 4.69) is 10.6 Å². The molecule has 0 saturated carbocycles. The predicted molar refractivity (Wildman–Crippen MR) is 74.7 cm³/mol. The van der Waals surface area contributed by atoms with E-state index in [0.717, 1.165) is 0 Å². The molecule has 0 unspecified atom stereocenters. The molecule has 1 aromatic rings. The van der Waals surface area contributed by atoms with Crippen molar-refractivity contribution in [2.24, 2.45) is 0 Å². The molecule has 0 atom stereocenters. The summed E-state index contributed by atoms with van der Waals surface area (Å²) < 4.78 is 4.80. The molecule has 0 heterocycles. The average Bonchev–Trinajstić information content (AvgIpc) is 2.40. The fraction of sp³-hybridized carbons (Fsp3) is 0.417. The Bertz CT molecular complexity index is 482. The molecule has 1 rings (SSSR count). The van der Waals surface area contributed by atoms with E-state index in [0.29, 0.717) is 23.7 Å². The van der Waals surface area contributed by atoms with Gasteiger partial charge in [-0.1, -0.05) is 17.7 Å². The van der Waals surface area contributed by atoms with Crippen molar-refractivity contribution < 1.29 is 14.5 Å². The van der Waals surface area contributed by atoms with Crippen LogP contribution in [0.25, 0.3) is 0 Å². The van der Waals surface area contributed by atoms with Gasteiger partial charge in [-0.3, -0.25) is 14.9 Å². The number of halogens is 1. The lowest BCUT2D eigenvalue weighted by atomic mass is 10.2. The number of hydrogen-bond acceptors (Lipinski definition) is 5. The molecule has 1 amide bonds. The molecule has 0 bridgehead atoms. The summed E-state index contributed by atoms with van der Waals surface area (Å²) in [5, 5.41) is 16.6. The summed E-state index contributed by atoms with van der Waals surface area (Å²) >= 11 is 5.93. The SMILES string of the molecule is COCCNC(=O)CNCc1c(Cl)cccc1[N+](=O)[O-]. The van der Waals surface area contributed by atoms with Gasteiger partial charge in [0.2, 0.25) is 5.91 Å². The molecule has 0 fully saturated rings. The highest BCUT2D eigenvalue weighted by atomic mass is 35.5. The van der Waals surface area contributed by atoms with Gasteiger partial charge in [0.1, 0.15) is 0 Å². The number of methoxy groups -OCH3 is 1. The smallest absolute Gasteiger partial charge is 0.275 e. The first-order valence-electron chi connectivity index (χ1n) is 5.94. The number of hydrogen-bond donors (Lipinski definition) is 2. The zero-order valence-electron chi connectivity index (χ0n) is 11.0. The lowest BCUT2D eigenvalue weighted by Gasteiger charge is -2.08. The number of benzene rings is 1. The van der Waals surface area contributed by atoms with Crippen molar-refractivity contribution in [1.29, 1.82) is 0 Å². The normalized spacial score (nSPS) is 10.3. The van der Waals surface area contributed by atoms with Gasteiger partial charge in [0.05, 0.1) is 28.7 Å². The number of rotatable bonds is 8. The maximum Gasteiger partial charge on any atom is 0.275 e. The van der Waals surface area contributed by atoms with Crippen LogP contribution in [0.2, 0.25) is 5.02 Å². The van der Waals surface area contributed by atoms with Crippen molar-refractivity contribution in [2.45, 2.75) is 6.54 Å². The maximum atomic E-state index is 11.4. The van der Waals surface area contributed by atoms with Crippen molar-refractivity contribution in [1.82, 2.24) is 10.6 Å². The van der Waals surface area contributed by atoms with Gasteiger partial charge in [0.25, 0.3) is 5.69 Å². The third-order valence-electron chi connectivity index (χ3n) is 2.51. The highest BCUT2D eigenvalue weighted by Gasteiger charge is 2.16.